The van der Waals surface area contributed by atoms with Crippen molar-refractivity contribution in [3.63, 3.8) is 0 Å². The van der Waals surface area contributed by atoms with Crippen LogP contribution >= 0.6 is 0 Å². The SMILES string of the molecule is O=C(OC(C(=O)NCC(F)F)c1ccccc1)c1ccccc1. The third kappa shape index (κ3) is 4.88. The smallest absolute Gasteiger partial charge is 0.339 e. The number of carbonyl (C=O) groups excluding carboxylic acids is 2. The minimum absolute atomic E-state index is 0.273. The fourth-order valence-electron chi connectivity index (χ4n) is 1.92. The third-order valence-corrected chi connectivity index (χ3v) is 3.01. The van der Waals surface area contributed by atoms with Crippen molar-refractivity contribution in [2.75, 3.05) is 6.54 Å². The van der Waals surface area contributed by atoms with Gasteiger partial charge in [-0.15, -0.1) is 0 Å². The lowest BCUT2D eigenvalue weighted by Crippen LogP contribution is -2.35. The first kappa shape index (κ1) is 16.6. The van der Waals surface area contributed by atoms with Crippen molar-refractivity contribution in [1.82, 2.24) is 5.32 Å². The van der Waals surface area contributed by atoms with Crippen LogP contribution in [-0.2, 0) is 9.53 Å². The first-order chi connectivity index (χ1) is 11.1. The van der Waals surface area contributed by atoms with Crippen molar-refractivity contribution in [1.29, 1.82) is 0 Å². The lowest BCUT2D eigenvalue weighted by molar-refractivity contribution is -0.131. The zero-order valence-electron chi connectivity index (χ0n) is 12.1. The van der Waals surface area contributed by atoms with Crippen LogP contribution in [0.2, 0.25) is 0 Å². The summed E-state index contributed by atoms with van der Waals surface area (Å²) in [7, 11) is 0. The Morgan fingerprint density at radius 2 is 1.52 bits per heavy atom. The van der Waals surface area contributed by atoms with Gasteiger partial charge in [0, 0.05) is 5.56 Å². The number of benzene rings is 2. The summed E-state index contributed by atoms with van der Waals surface area (Å²) in [5.41, 5.74) is 0.679. The molecule has 0 aliphatic carbocycles. The Hall–Kier alpha value is -2.76. The van der Waals surface area contributed by atoms with E-state index in [1.807, 2.05) is 0 Å². The molecule has 2 aromatic rings. The number of nitrogens with one attached hydrogen (secondary N) is 1. The molecule has 120 valence electrons. The molecule has 1 amide bonds. The first-order valence-electron chi connectivity index (χ1n) is 6.95. The number of rotatable bonds is 6. The average molecular weight is 319 g/mol. The normalized spacial score (nSPS) is 11.8. The molecule has 0 saturated carbocycles. The highest BCUT2D eigenvalue weighted by Gasteiger charge is 2.26. The van der Waals surface area contributed by atoms with E-state index in [1.54, 1.807) is 60.7 Å². The summed E-state index contributed by atoms with van der Waals surface area (Å²) in [6.45, 7) is -0.801. The minimum Gasteiger partial charge on any atom is -0.444 e. The topological polar surface area (TPSA) is 55.4 Å². The predicted molar refractivity (Wildman–Crippen MR) is 80.1 cm³/mol. The number of hydrogen-bond donors (Lipinski definition) is 1. The lowest BCUT2D eigenvalue weighted by atomic mass is 10.1. The van der Waals surface area contributed by atoms with E-state index in [0.29, 0.717) is 5.56 Å². The monoisotopic (exact) mass is 319 g/mol. The van der Waals surface area contributed by atoms with E-state index in [2.05, 4.69) is 5.32 Å². The summed E-state index contributed by atoms with van der Waals surface area (Å²) in [5.74, 6) is -1.49. The number of amides is 1. The molecule has 2 aromatic carbocycles. The first-order valence-corrected chi connectivity index (χ1v) is 6.95. The van der Waals surface area contributed by atoms with Crippen molar-refractivity contribution in [2.45, 2.75) is 12.5 Å². The molecular weight excluding hydrogens is 304 g/mol. The number of halogens is 2. The Kier molecular flexibility index (Phi) is 5.80. The van der Waals surface area contributed by atoms with Crippen LogP contribution in [0.5, 0.6) is 0 Å². The summed E-state index contributed by atoms with van der Waals surface area (Å²) in [6, 6.07) is 16.4. The number of esters is 1. The highest BCUT2D eigenvalue weighted by atomic mass is 19.3. The summed E-state index contributed by atoms with van der Waals surface area (Å²) in [6.07, 6.45) is -3.97. The molecule has 0 aliphatic rings. The molecule has 1 unspecified atom stereocenters. The Morgan fingerprint density at radius 3 is 2.09 bits per heavy atom. The molecule has 1 N–H and O–H groups in total. The van der Waals surface area contributed by atoms with Crippen molar-refractivity contribution >= 4 is 11.9 Å². The highest BCUT2D eigenvalue weighted by molar-refractivity contribution is 5.92. The van der Waals surface area contributed by atoms with Crippen molar-refractivity contribution < 1.29 is 23.1 Å². The van der Waals surface area contributed by atoms with Gasteiger partial charge in [0.25, 0.3) is 12.3 Å². The van der Waals surface area contributed by atoms with E-state index < -0.39 is 31.0 Å². The molecule has 0 radical (unpaired) electrons. The van der Waals surface area contributed by atoms with Gasteiger partial charge in [0.15, 0.2) is 0 Å². The fraction of sp³-hybridized carbons (Fsp3) is 0.176. The molecule has 2 rings (SSSR count). The van der Waals surface area contributed by atoms with Crippen LogP contribution in [0.4, 0.5) is 8.78 Å². The molecule has 0 bridgehead atoms. The maximum absolute atomic E-state index is 12.3. The Bertz CT molecular complexity index is 647. The second-order valence-corrected chi connectivity index (χ2v) is 4.70. The van der Waals surface area contributed by atoms with Crippen LogP contribution in [0, 0.1) is 0 Å². The van der Waals surface area contributed by atoms with Crippen molar-refractivity contribution in [3.8, 4) is 0 Å². The molecule has 0 heterocycles. The number of ether oxygens (including phenoxy) is 1. The number of alkyl halides is 2. The quantitative estimate of drug-likeness (QED) is 0.833. The van der Waals surface area contributed by atoms with Gasteiger partial charge in [-0.1, -0.05) is 48.5 Å². The molecule has 1 atom stereocenters. The predicted octanol–water partition coefficient (Wildman–Crippen LogP) is 2.97. The largest absolute Gasteiger partial charge is 0.444 e. The minimum atomic E-state index is -2.68. The van der Waals surface area contributed by atoms with Crippen molar-refractivity contribution in [2.24, 2.45) is 0 Å². The molecule has 23 heavy (non-hydrogen) atoms. The highest BCUT2D eigenvalue weighted by Crippen LogP contribution is 2.19. The van der Waals surface area contributed by atoms with Gasteiger partial charge in [-0.3, -0.25) is 4.79 Å². The Morgan fingerprint density at radius 1 is 0.957 bits per heavy atom. The fourth-order valence-corrected chi connectivity index (χ4v) is 1.92. The molecule has 0 fully saturated rings. The van der Waals surface area contributed by atoms with Gasteiger partial charge in [-0.25, -0.2) is 13.6 Å². The van der Waals surface area contributed by atoms with Gasteiger partial charge >= 0.3 is 5.97 Å². The maximum Gasteiger partial charge on any atom is 0.339 e. The van der Waals surface area contributed by atoms with Crippen molar-refractivity contribution in [3.05, 3.63) is 71.8 Å². The van der Waals surface area contributed by atoms with Crippen LogP contribution in [0.3, 0.4) is 0 Å². The summed E-state index contributed by atoms with van der Waals surface area (Å²) >= 11 is 0. The second kappa shape index (κ2) is 8.03. The molecule has 0 spiro atoms. The summed E-state index contributed by atoms with van der Waals surface area (Å²) in [4.78, 5) is 24.2. The van der Waals surface area contributed by atoms with Gasteiger partial charge in [0.2, 0.25) is 6.10 Å². The van der Waals surface area contributed by atoms with Gasteiger partial charge in [0.1, 0.15) is 0 Å². The van der Waals surface area contributed by atoms with Gasteiger partial charge in [-0.05, 0) is 12.1 Å². The van der Waals surface area contributed by atoms with Crippen LogP contribution in [0.25, 0.3) is 0 Å². The average Bonchev–Trinajstić information content (AvgIpc) is 2.59. The zero-order valence-corrected chi connectivity index (χ0v) is 12.1. The molecule has 0 aliphatic heterocycles. The Labute approximate surface area is 132 Å². The van der Waals surface area contributed by atoms with Crippen LogP contribution in [0.15, 0.2) is 60.7 Å². The number of carbonyl (C=O) groups is 2. The molecule has 6 heteroatoms. The molecule has 4 nitrogen and oxygen atoms in total. The lowest BCUT2D eigenvalue weighted by Gasteiger charge is -2.18. The van der Waals surface area contributed by atoms with Gasteiger partial charge in [0.05, 0.1) is 12.1 Å². The molecular formula is C17H15F2NO3. The summed E-state index contributed by atoms with van der Waals surface area (Å²) < 4.78 is 29.8. The zero-order chi connectivity index (χ0) is 16.7. The second-order valence-electron chi connectivity index (χ2n) is 4.70. The maximum atomic E-state index is 12.3. The van der Waals surface area contributed by atoms with Gasteiger partial charge in [-0.2, -0.15) is 0 Å². The van der Waals surface area contributed by atoms with E-state index in [4.69, 9.17) is 4.74 Å². The van der Waals surface area contributed by atoms with E-state index in [1.165, 1.54) is 0 Å². The van der Waals surface area contributed by atoms with E-state index in [-0.39, 0.29) is 5.56 Å². The number of hydrogen-bond acceptors (Lipinski definition) is 3. The molecule has 0 saturated heterocycles. The van der Waals surface area contributed by atoms with E-state index >= 15 is 0 Å². The van der Waals surface area contributed by atoms with E-state index in [9.17, 15) is 18.4 Å². The van der Waals surface area contributed by atoms with Crippen LogP contribution in [0.1, 0.15) is 22.0 Å². The van der Waals surface area contributed by atoms with E-state index in [0.717, 1.165) is 0 Å². The van der Waals surface area contributed by atoms with Crippen LogP contribution in [-0.4, -0.2) is 24.8 Å². The van der Waals surface area contributed by atoms with Crippen LogP contribution < -0.4 is 5.32 Å². The summed E-state index contributed by atoms with van der Waals surface area (Å²) in [5, 5.41) is 2.07. The van der Waals surface area contributed by atoms with Gasteiger partial charge < -0.3 is 10.1 Å². The third-order valence-electron chi connectivity index (χ3n) is 3.01. The Balaban J connectivity index is 2.17. The molecule has 0 aromatic heterocycles. The standard InChI is InChI=1S/C17H15F2NO3/c18-14(19)11-20-16(21)15(12-7-3-1-4-8-12)23-17(22)13-9-5-2-6-10-13/h1-10,14-15H,11H2,(H,20,21).